The maximum absolute atomic E-state index is 11.6. The van der Waals surface area contributed by atoms with Gasteiger partial charge in [0.2, 0.25) is 0 Å². The summed E-state index contributed by atoms with van der Waals surface area (Å²) in [5.41, 5.74) is 2.12. The van der Waals surface area contributed by atoms with Crippen molar-refractivity contribution in [3.8, 4) is 0 Å². The van der Waals surface area contributed by atoms with E-state index in [-0.39, 0.29) is 13.2 Å². The molecule has 0 aliphatic carbocycles. The summed E-state index contributed by atoms with van der Waals surface area (Å²) in [6.07, 6.45) is 3.63. The molecule has 3 rings (SSSR count). The average Bonchev–Trinajstić information content (AvgIpc) is 2.67. The molecule has 4 N–H and O–H groups in total. The molecule has 7 heteroatoms. The van der Waals surface area contributed by atoms with Crippen LogP contribution in [0.3, 0.4) is 0 Å². The van der Waals surface area contributed by atoms with Crippen LogP contribution in [0.5, 0.6) is 0 Å². The van der Waals surface area contributed by atoms with Crippen molar-refractivity contribution < 1.29 is 14.6 Å². The van der Waals surface area contributed by atoms with Gasteiger partial charge in [0.1, 0.15) is 11.2 Å². The van der Waals surface area contributed by atoms with Gasteiger partial charge in [0.05, 0.1) is 18.9 Å². The van der Waals surface area contributed by atoms with Gasteiger partial charge in [-0.25, -0.2) is 4.98 Å². The second kappa shape index (κ2) is 9.52. The number of nitrogens with one attached hydrogen (secondary N) is 3. The normalized spacial score (nSPS) is 14.9. The first-order chi connectivity index (χ1) is 13.7. The molecule has 0 atom stereocenters. The SMILES string of the molecule is CNc1ncccc1NCCCNCCc1cccc(C2(C(=O)O)COC2)c1. The smallest absolute Gasteiger partial charge is 0.318 e. The first kappa shape index (κ1) is 20.1. The van der Waals surface area contributed by atoms with Crippen molar-refractivity contribution in [2.45, 2.75) is 18.3 Å². The van der Waals surface area contributed by atoms with E-state index in [9.17, 15) is 9.90 Å². The van der Waals surface area contributed by atoms with Crippen LogP contribution in [-0.2, 0) is 21.4 Å². The molecule has 1 saturated heterocycles. The predicted molar refractivity (Wildman–Crippen MR) is 110 cm³/mol. The van der Waals surface area contributed by atoms with Crippen LogP contribution in [-0.4, -0.2) is 56.0 Å². The molecule has 7 nitrogen and oxygen atoms in total. The number of hydrogen-bond acceptors (Lipinski definition) is 6. The number of hydrogen-bond donors (Lipinski definition) is 4. The fourth-order valence-electron chi connectivity index (χ4n) is 3.29. The maximum Gasteiger partial charge on any atom is 0.318 e. The highest BCUT2D eigenvalue weighted by atomic mass is 16.5. The molecule has 0 saturated carbocycles. The topological polar surface area (TPSA) is 95.5 Å². The Kier molecular flexibility index (Phi) is 6.84. The molecule has 2 aromatic rings. The largest absolute Gasteiger partial charge is 0.480 e. The summed E-state index contributed by atoms with van der Waals surface area (Å²) >= 11 is 0. The summed E-state index contributed by atoms with van der Waals surface area (Å²) in [6.45, 7) is 3.14. The molecule has 1 aromatic heterocycles. The van der Waals surface area contributed by atoms with E-state index >= 15 is 0 Å². The monoisotopic (exact) mass is 384 g/mol. The molecule has 0 amide bonds. The van der Waals surface area contributed by atoms with E-state index in [2.05, 4.69) is 20.9 Å². The molecule has 1 aliphatic rings. The lowest BCUT2D eigenvalue weighted by Gasteiger charge is -2.37. The fourth-order valence-corrected chi connectivity index (χ4v) is 3.29. The highest BCUT2D eigenvalue weighted by Gasteiger charge is 2.47. The zero-order valence-corrected chi connectivity index (χ0v) is 16.2. The molecule has 1 aromatic carbocycles. The molecular formula is C21H28N4O3. The third kappa shape index (κ3) is 4.61. The van der Waals surface area contributed by atoms with Gasteiger partial charge in [0.15, 0.2) is 0 Å². The molecule has 150 valence electrons. The lowest BCUT2D eigenvalue weighted by Crippen LogP contribution is -2.53. The van der Waals surface area contributed by atoms with Crippen LogP contribution >= 0.6 is 0 Å². The Hall–Kier alpha value is -2.64. The lowest BCUT2D eigenvalue weighted by atomic mass is 9.78. The summed E-state index contributed by atoms with van der Waals surface area (Å²) in [4.78, 5) is 15.9. The summed E-state index contributed by atoms with van der Waals surface area (Å²) in [5.74, 6) is 0.0444. The zero-order chi connectivity index (χ0) is 19.8. The van der Waals surface area contributed by atoms with Crippen molar-refractivity contribution in [3.05, 3.63) is 53.7 Å². The predicted octanol–water partition coefficient (Wildman–Crippen LogP) is 2.11. The number of carbonyl (C=O) groups is 1. The number of ether oxygens (including phenoxy) is 1. The Bertz CT molecular complexity index is 793. The highest BCUT2D eigenvalue weighted by molar-refractivity contribution is 5.83. The van der Waals surface area contributed by atoms with Gasteiger partial charge in [-0.2, -0.15) is 0 Å². The first-order valence-electron chi connectivity index (χ1n) is 9.63. The number of rotatable bonds is 11. The molecule has 28 heavy (non-hydrogen) atoms. The van der Waals surface area contributed by atoms with E-state index in [0.717, 1.165) is 55.1 Å². The van der Waals surface area contributed by atoms with Gasteiger partial charge in [0.25, 0.3) is 0 Å². The number of aromatic nitrogens is 1. The third-order valence-electron chi connectivity index (χ3n) is 5.07. The molecule has 0 spiro atoms. The van der Waals surface area contributed by atoms with Gasteiger partial charge in [-0.3, -0.25) is 4.79 Å². The van der Waals surface area contributed by atoms with Crippen LogP contribution in [0, 0.1) is 0 Å². The van der Waals surface area contributed by atoms with Crippen LogP contribution in [0.15, 0.2) is 42.6 Å². The van der Waals surface area contributed by atoms with E-state index in [0.29, 0.717) is 0 Å². The van der Waals surface area contributed by atoms with Crippen molar-refractivity contribution in [1.29, 1.82) is 0 Å². The zero-order valence-electron chi connectivity index (χ0n) is 16.2. The van der Waals surface area contributed by atoms with Crippen molar-refractivity contribution in [2.75, 3.05) is 50.5 Å². The summed E-state index contributed by atoms with van der Waals surface area (Å²) < 4.78 is 5.17. The fraction of sp³-hybridized carbons (Fsp3) is 0.429. The van der Waals surface area contributed by atoms with Gasteiger partial charge in [0, 0.05) is 19.8 Å². The number of nitrogens with zero attached hydrogens (tertiary/aromatic N) is 1. The van der Waals surface area contributed by atoms with Crippen LogP contribution in [0.4, 0.5) is 11.5 Å². The second-order valence-electron chi connectivity index (χ2n) is 7.01. The Balaban J connectivity index is 1.38. The number of aliphatic carboxylic acids is 1. The molecule has 0 radical (unpaired) electrons. The van der Waals surface area contributed by atoms with Crippen LogP contribution in [0.1, 0.15) is 17.5 Å². The van der Waals surface area contributed by atoms with Crippen LogP contribution in [0.2, 0.25) is 0 Å². The van der Waals surface area contributed by atoms with E-state index in [1.54, 1.807) is 6.20 Å². The number of pyridine rings is 1. The molecule has 1 aliphatic heterocycles. The molecule has 1 fully saturated rings. The van der Waals surface area contributed by atoms with Crippen molar-refractivity contribution in [1.82, 2.24) is 10.3 Å². The quantitative estimate of drug-likeness (QED) is 0.441. The third-order valence-corrected chi connectivity index (χ3v) is 5.07. The summed E-state index contributed by atoms with van der Waals surface area (Å²) in [7, 11) is 1.86. The Morgan fingerprint density at radius 2 is 2.07 bits per heavy atom. The van der Waals surface area contributed by atoms with Gasteiger partial charge >= 0.3 is 5.97 Å². The average molecular weight is 384 g/mol. The molecule has 2 heterocycles. The van der Waals surface area contributed by atoms with Gasteiger partial charge in [-0.1, -0.05) is 24.3 Å². The van der Waals surface area contributed by atoms with E-state index in [1.165, 1.54) is 0 Å². The van der Waals surface area contributed by atoms with Crippen molar-refractivity contribution in [3.63, 3.8) is 0 Å². The standard InChI is InChI=1S/C21H28N4O3/c1-22-19-18(7-3-10-25-19)24-11-4-9-23-12-8-16-5-2-6-17(13-16)21(20(26)27)14-28-15-21/h2-3,5-7,10,13,23-24H,4,8-9,11-12,14-15H2,1H3,(H,22,25)(H,26,27). The minimum Gasteiger partial charge on any atom is -0.480 e. The number of carboxylic acids is 1. The Morgan fingerprint density at radius 1 is 1.21 bits per heavy atom. The molecule has 0 bridgehead atoms. The van der Waals surface area contributed by atoms with Crippen LogP contribution < -0.4 is 16.0 Å². The van der Waals surface area contributed by atoms with E-state index in [1.807, 2.05) is 43.4 Å². The Labute approximate surface area is 165 Å². The van der Waals surface area contributed by atoms with Gasteiger partial charge in [-0.05, 0) is 49.2 Å². The number of anilines is 2. The highest BCUT2D eigenvalue weighted by Crippen LogP contribution is 2.33. The van der Waals surface area contributed by atoms with Gasteiger partial charge < -0.3 is 25.8 Å². The van der Waals surface area contributed by atoms with Crippen LogP contribution in [0.25, 0.3) is 0 Å². The van der Waals surface area contributed by atoms with E-state index in [4.69, 9.17) is 4.74 Å². The summed E-state index contributed by atoms with van der Waals surface area (Å²) in [5, 5.41) is 19.4. The maximum atomic E-state index is 11.6. The van der Waals surface area contributed by atoms with E-state index < -0.39 is 11.4 Å². The minimum absolute atomic E-state index is 0.253. The van der Waals surface area contributed by atoms with Crippen molar-refractivity contribution >= 4 is 17.5 Å². The number of benzene rings is 1. The summed E-state index contributed by atoms with van der Waals surface area (Å²) in [6, 6.07) is 11.8. The van der Waals surface area contributed by atoms with Gasteiger partial charge in [-0.15, -0.1) is 0 Å². The minimum atomic E-state index is -0.867. The lowest BCUT2D eigenvalue weighted by molar-refractivity contribution is -0.163. The number of carboxylic acid groups (broad SMARTS) is 1. The molecular weight excluding hydrogens is 356 g/mol. The first-order valence-corrected chi connectivity index (χ1v) is 9.63. The Morgan fingerprint density at radius 3 is 2.79 bits per heavy atom. The second-order valence-corrected chi connectivity index (χ2v) is 7.01. The molecule has 0 unspecified atom stereocenters. The van der Waals surface area contributed by atoms with Crippen molar-refractivity contribution in [2.24, 2.45) is 0 Å².